The number of hydrogen-bond donors (Lipinski definition) is 2. The van der Waals surface area contributed by atoms with Crippen molar-refractivity contribution in [3.8, 4) is 0 Å². The molecule has 17 heavy (non-hydrogen) atoms. The van der Waals surface area contributed by atoms with Gasteiger partial charge >= 0.3 is 0 Å². The van der Waals surface area contributed by atoms with Crippen LogP contribution in [0.4, 0.5) is 0 Å². The van der Waals surface area contributed by atoms with Crippen molar-refractivity contribution in [2.75, 3.05) is 20.3 Å². The van der Waals surface area contributed by atoms with Crippen molar-refractivity contribution >= 4 is 18.3 Å². The molecule has 0 aromatic heterocycles. The Balaban J connectivity index is 0.00000256. The van der Waals surface area contributed by atoms with Crippen LogP contribution in [0.1, 0.15) is 44.9 Å². The molecule has 1 saturated carbocycles. The van der Waals surface area contributed by atoms with Gasteiger partial charge in [0, 0.05) is 20.3 Å². The molecule has 1 aliphatic carbocycles. The Hall–Kier alpha value is -0.320. The second kappa shape index (κ2) is 8.72. The maximum Gasteiger partial charge on any atom is 0.240 e. The molecule has 1 rings (SSSR count). The van der Waals surface area contributed by atoms with Crippen LogP contribution in [0.3, 0.4) is 0 Å². The van der Waals surface area contributed by atoms with E-state index in [1.165, 1.54) is 0 Å². The van der Waals surface area contributed by atoms with E-state index in [4.69, 9.17) is 10.5 Å². The Morgan fingerprint density at radius 3 is 2.53 bits per heavy atom. The van der Waals surface area contributed by atoms with E-state index in [1.54, 1.807) is 7.11 Å². The van der Waals surface area contributed by atoms with Crippen LogP contribution in [-0.4, -0.2) is 31.7 Å². The van der Waals surface area contributed by atoms with Crippen molar-refractivity contribution < 1.29 is 9.53 Å². The number of nitrogens with two attached hydrogens (primary N) is 1. The molecule has 3 N–H and O–H groups in total. The van der Waals surface area contributed by atoms with Gasteiger partial charge in [-0.25, -0.2) is 0 Å². The molecule has 0 radical (unpaired) electrons. The van der Waals surface area contributed by atoms with Crippen LogP contribution in [0.15, 0.2) is 0 Å². The van der Waals surface area contributed by atoms with E-state index in [9.17, 15) is 4.79 Å². The lowest BCUT2D eigenvalue weighted by Gasteiger charge is -2.22. The van der Waals surface area contributed by atoms with Gasteiger partial charge in [-0.05, 0) is 32.1 Å². The molecule has 0 unspecified atom stereocenters. The van der Waals surface area contributed by atoms with E-state index in [1.807, 2.05) is 0 Å². The summed E-state index contributed by atoms with van der Waals surface area (Å²) in [6, 6.07) is 0. The third kappa shape index (κ3) is 5.70. The first-order chi connectivity index (χ1) is 7.69. The summed E-state index contributed by atoms with van der Waals surface area (Å²) in [6.45, 7) is 1.54. The zero-order valence-electron chi connectivity index (χ0n) is 10.7. The third-order valence-electron chi connectivity index (χ3n) is 3.26. The Labute approximate surface area is 110 Å². The van der Waals surface area contributed by atoms with Crippen LogP contribution in [0.5, 0.6) is 0 Å². The van der Waals surface area contributed by atoms with Crippen LogP contribution in [0.2, 0.25) is 0 Å². The SMILES string of the molecule is COCCCCCNC(=O)C1(N)CCCC1.Cl. The van der Waals surface area contributed by atoms with Gasteiger partial charge in [-0.1, -0.05) is 12.8 Å². The monoisotopic (exact) mass is 264 g/mol. The average molecular weight is 265 g/mol. The fraction of sp³-hybridized carbons (Fsp3) is 0.917. The van der Waals surface area contributed by atoms with Gasteiger partial charge < -0.3 is 15.8 Å². The highest BCUT2D eigenvalue weighted by atomic mass is 35.5. The second-order valence-corrected chi connectivity index (χ2v) is 4.67. The minimum absolute atomic E-state index is 0. The van der Waals surface area contributed by atoms with Crippen molar-refractivity contribution in [1.29, 1.82) is 0 Å². The summed E-state index contributed by atoms with van der Waals surface area (Å²) in [5.41, 5.74) is 5.46. The maximum atomic E-state index is 11.8. The number of methoxy groups -OCH3 is 1. The molecule has 0 aromatic rings. The van der Waals surface area contributed by atoms with Crippen molar-refractivity contribution in [2.45, 2.75) is 50.5 Å². The molecule has 0 aromatic carbocycles. The molecule has 1 amide bonds. The second-order valence-electron chi connectivity index (χ2n) is 4.67. The quantitative estimate of drug-likeness (QED) is 0.687. The third-order valence-corrected chi connectivity index (χ3v) is 3.26. The van der Waals surface area contributed by atoms with E-state index in [0.29, 0.717) is 0 Å². The molecule has 1 aliphatic rings. The fourth-order valence-corrected chi connectivity index (χ4v) is 2.16. The van der Waals surface area contributed by atoms with E-state index in [0.717, 1.165) is 58.1 Å². The summed E-state index contributed by atoms with van der Waals surface area (Å²) in [7, 11) is 1.71. The molecule has 0 saturated heterocycles. The molecular formula is C12H25ClN2O2. The molecule has 0 aliphatic heterocycles. The first-order valence-electron chi connectivity index (χ1n) is 6.25. The Bertz CT molecular complexity index is 219. The molecule has 0 bridgehead atoms. The fourth-order valence-electron chi connectivity index (χ4n) is 2.16. The lowest BCUT2D eigenvalue weighted by molar-refractivity contribution is -0.126. The average Bonchev–Trinajstić information content (AvgIpc) is 2.71. The van der Waals surface area contributed by atoms with E-state index in [-0.39, 0.29) is 18.3 Å². The molecule has 1 fully saturated rings. The first-order valence-corrected chi connectivity index (χ1v) is 6.25. The van der Waals surface area contributed by atoms with Gasteiger partial charge in [0.25, 0.3) is 0 Å². The maximum absolute atomic E-state index is 11.8. The molecule has 102 valence electrons. The number of rotatable bonds is 7. The molecular weight excluding hydrogens is 240 g/mol. The van der Waals surface area contributed by atoms with Crippen LogP contribution < -0.4 is 11.1 Å². The summed E-state index contributed by atoms with van der Waals surface area (Å²) >= 11 is 0. The van der Waals surface area contributed by atoms with Crippen LogP contribution in [-0.2, 0) is 9.53 Å². The normalized spacial score (nSPS) is 17.5. The van der Waals surface area contributed by atoms with Crippen molar-refractivity contribution in [2.24, 2.45) is 5.73 Å². The van der Waals surface area contributed by atoms with Gasteiger partial charge in [0.05, 0.1) is 5.54 Å². The molecule has 0 heterocycles. The predicted octanol–water partition coefficient (Wildman–Crippen LogP) is 1.61. The molecule has 0 spiro atoms. The van der Waals surface area contributed by atoms with Gasteiger partial charge in [-0.15, -0.1) is 12.4 Å². The number of halogens is 1. The van der Waals surface area contributed by atoms with Crippen LogP contribution in [0.25, 0.3) is 0 Å². The Morgan fingerprint density at radius 1 is 1.29 bits per heavy atom. The number of carbonyl (C=O) groups excluding carboxylic acids is 1. The van der Waals surface area contributed by atoms with Crippen molar-refractivity contribution in [1.82, 2.24) is 5.32 Å². The topological polar surface area (TPSA) is 64.3 Å². The number of hydrogen-bond acceptors (Lipinski definition) is 3. The molecule has 0 atom stereocenters. The summed E-state index contributed by atoms with van der Waals surface area (Å²) < 4.78 is 4.96. The van der Waals surface area contributed by atoms with E-state index in [2.05, 4.69) is 5.32 Å². The van der Waals surface area contributed by atoms with Crippen LogP contribution >= 0.6 is 12.4 Å². The highest BCUT2D eigenvalue weighted by Gasteiger charge is 2.36. The highest BCUT2D eigenvalue weighted by Crippen LogP contribution is 2.27. The zero-order chi connectivity index (χ0) is 11.9. The largest absolute Gasteiger partial charge is 0.385 e. The summed E-state index contributed by atoms with van der Waals surface area (Å²) in [5, 5.41) is 2.94. The summed E-state index contributed by atoms with van der Waals surface area (Å²) in [6.07, 6.45) is 6.98. The number of ether oxygens (including phenoxy) is 1. The van der Waals surface area contributed by atoms with Gasteiger partial charge in [-0.3, -0.25) is 4.79 Å². The van der Waals surface area contributed by atoms with E-state index >= 15 is 0 Å². The lowest BCUT2D eigenvalue weighted by Crippen LogP contribution is -2.52. The number of unbranched alkanes of at least 4 members (excludes halogenated alkanes) is 2. The lowest BCUT2D eigenvalue weighted by atomic mass is 9.98. The first kappa shape index (κ1) is 16.7. The van der Waals surface area contributed by atoms with Crippen molar-refractivity contribution in [3.63, 3.8) is 0 Å². The standard InChI is InChI=1S/C12H24N2O2.ClH/c1-16-10-6-2-5-9-14-11(15)12(13)7-3-4-8-12;/h2-10,13H2,1H3,(H,14,15);1H. The molecule has 4 nitrogen and oxygen atoms in total. The number of nitrogens with one attached hydrogen (secondary N) is 1. The van der Waals surface area contributed by atoms with Gasteiger partial charge in [-0.2, -0.15) is 0 Å². The smallest absolute Gasteiger partial charge is 0.240 e. The Kier molecular flexibility index (Phi) is 8.56. The van der Waals surface area contributed by atoms with Gasteiger partial charge in [0.2, 0.25) is 5.91 Å². The molecule has 5 heteroatoms. The predicted molar refractivity (Wildman–Crippen MR) is 71.4 cm³/mol. The van der Waals surface area contributed by atoms with Crippen LogP contribution in [0, 0.1) is 0 Å². The Morgan fingerprint density at radius 2 is 1.94 bits per heavy atom. The van der Waals surface area contributed by atoms with E-state index < -0.39 is 5.54 Å². The van der Waals surface area contributed by atoms with Gasteiger partial charge in [0.1, 0.15) is 0 Å². The summed E-state index contributed by atoms with van der Waals surface area (Å²) in [5.74, 6) is 0.0386. The van der Waals surface area contributed by atoms with Gasteiger partial charge in [0.15, 0.2) is 0 Å². The summed E-state index contributed by atoms with van der Waals surface area (Å²) in [4.78, 5) is 11.8. The van der Waals surface area contributed by atoms with Crippen molar-refractivity contribution in [3.05, 3.63) is 0 Å². The minimum atomic E-state index is -0.577. The number of carbonyl (C=O) groups is 1. The minimum Gasteiger partial charge on any atom is -0.385 e. The zero-order valence-corrected chi connectivity index (χ0v) is 11.5. The number of amides is 1. The highest BCUT2D eigenvalue weighted by molar-refractivity contribution is 5.86.